The number of carbonyl (C=O) groups excluding carboxylic acids is 1. The van der Waals surface area contributed by atoms with Crippen LogP contribution in [0.5, 0.6) is 5.75 Å². The first-order chi connectivity index (χ1) is 16.1. The van der Waals surface area contributed by atoms with Gasteiger partial charge in [0.25, 0.3) is 5.91 Å². The Bertz CT molecular complexity index is 1130. The molecule has 34 heavy (non-hydrogen) atoms. The Balaban J connectivity index is 1.26. The number of hydrogen-bond donors (Lipinski definition) is 0. The van der Waals surface area contributed by atoms with Crippen LogP contribution in [0.15, 0.2) is 23.1 Å². The van der Waals surface area contributed by atoms with Gasteiger partial charge in [-0.25, -0.2) is 17.8 Å². The van der Waals surface area contributed by atoms with Gasteiger partial charge in [-0.2, -0.15) is 4.37 Å². The number of likely N-dealkylation sites (tertiary alicyclic amines) is 1. The van der Waals surface area contributed by atoms with Gasteiger partial charge in [0.05, 0.1) is 0 Å². The zero-order valence-corrected chi connectivity index (χ0v) is 21.5. The number of rotatable bonds is 8. The number of aromatic nitrogens is 2. The molecule has 1 aliphatic heterocycles. The molecule has 2 aliphatic rings. The molecule has 2 fully saturated rings. The number of carbonyl (C=O) groups is 1. The van der Waals surface area contributed by atoms with E-state index in [0.29, 0.717) is 24.8 Å². The lowest BCUT2D eigenvalue weighted by molar-refractivity contribution is -0.136. The minimum atomic E-state index is -3.65. The average Bonchev–Trinajstić information content (AvgIpc) is 3.39. The summed E-state index contributed by atoms with van der Waals surface area (Å²) in [5.74, 6) is 1.18. The predicted molar refractivity (Wildman–Crippen MR) is 128 cm³/mol. The lowest BCUT2D eigenvalue weighted by Crippen LogP contribution is -2.41. The third-order valence-electron chi connectivity index (χ3n) is 6.80. The summed E-state index contributed by atoms with van der Waals surface area (Å²) in [4.78, 5) is 19.1. The van der Waals surface area contributed by atoms with Crippen molar-refractivity contribution in [2.75, 3.05) is 12.8 Å². The minimum absolute atomic E-state index is 0.0638. The van der Waals surface area contributed by atoms with E-state index in [1.165, 1.54) is 23.7 Å². The molecule has 4 rings (SSSR count). The smallest absolute Gasteiger partial charge is 0.263 e. The summed E-state index contributed by atoms with van der Waals surface area (Å²) in [6.07, 6.45) is 7.06. The molecule has 0 bridgehead atoms. The molecular weight excluding hydrogens is 477 g/mol. The zero-order chi connectivity index (χ0) is 24.5. The molecule has 1 saturated carbocycles. The van der Waals surface area contributed by atoms with E-state index in [2.05, 4.69) is 23.2 Å². The van der Waals surface area contributed by atoms with Crippen molar-refractivity contribution in [3.8, 4) is 5.75 Å². The van der Waals surface area contributed by atoms with Crippen molar-refractivity contribution in [1.29, 1.82) is 0 Å². The van der Waals surface area contributed by atoms with Crippen molar-refractivity contribution in [3.05, 3.63) is 34.8 Å². The van der Waals surface area contributed by atoms with Crippen LogP contribution in [0.25, 0.3) is 0 Å². The second-order valence-corrected chi connectivity index (χ2v) is 12.5. The lowest BCUT2D eigenvalue weighted by atomic mass is 9.83. The zero-order valence-electron chi connectivity index (χ0n) is 19.9. The Hall–Kier alpha value is -2.07. The standard InChI is InChI=1S/C24H32FN3O4S2/c1-15(2)23-26-22(33-27-23)11-6-16-4-7-17(8-5-16)28-13-12-20(24(28)29)32-18-9-10-21(19(25)14-18)34(3,30)31/h9-10,14-17,20H,4-8,11-13H2,1-3H3. The van der Waals surface area contributed by atoms with Gasteiger partial charge >= 0.3 is 0 Å². The van der Waals surface area contributed by atoms with Gasteiger partial charge in [0.1, 0.15) is 27.3 Å². The summed E-state index contributed by atoms with van der Waals surface area (Å²) >= 11 is 1.51. The number of benzene rings is 1. The van der Waals surface area contributed by atoms with Gasteiger partial charge in [-0.3, -0.25) is 4.79 Å². The predicted octanol–water partition coefficient (Wildman–Crippen LogP) is 4.38. The number of halogens is 1. The van der Waals surface area contributed by atoms with Gasteiger partial charge in [0.15, 0.2) is 15.9 Å². The maximum atomic E-state index is 14.2. The third-order valence-corrected chi connectivity index (χ3v) is 8.71. The Labute approximate surface area is 204 Å². The van der Waals surface area contributed by atoms with Crippen LogP contribution in [0.2, 0.25) is 0 Å². The van der Waals surface area contributed by atoms with E-state index in [9.17, 15) is 17.6 Å². The number of amides is 1. The molecule has 0 radical (unpaired) electrons. The Morgan fingerprint density at radius 1 is 1.21 bits per heavy atom. The summed E-state index contributed by atoms with van der Waals surface area (Å²) in [6, 6.07) is 3.85. The monoisotopic (exact) mass is 509 g/mol. The van der Waals surface area contributed by atoms with Gasteiger partial charge in [-0.15, -0.1) is 0 Å². The molecule has 1 aliphatic carbocycles. The molecule has 1 atom stereocenters. The van der Waals surface area contributed by atoms with Gasteiger partial charge in [-0.05, 0) is 61.7 Å². The Morgan fingerprint density at radius 2 is 1.94 bits per heavy atom. The molecule has 1 unspecified atom stereocenters. The number of hydrogen-bond acceptors (Lipinski definition) is 7. The Morgan fingerprint density at radius 3 is 2.56 bits per heavy atom. The molecule has 186 valence electrons. The van der Waals surface area contributed by atoms with Crippen molar-refractivity contribution >= 4 is 27.3 Å². The van der Waals surface area contributed by atoms with Crippen LogP contribution in [0.3, 0.4) is 0 Å². The fraction of sp³-hybridized carbons (Fsp3) is 0.625. The van der Waals surface area contributed by atoms with Crippen molar-refractivity contribution in [2.45, 2.75) is 81.8 Å². The fourth-order valence-electron chi connectivity index (χ4n) is 4.84. The molecule has 0 spiro atoms. The quantitative estimate of drug-likeness (QED) is 0.525. The summed E-state index contributed by atoms with van der Waals surface area (Å²) in [5.41, 5.74) is 0. The van der Waals surface area contributed by atoms with Crippen molar-refractivity contribution < 1.29 is 22.3 Å². The van der Waals surface area contributed by atoms with Gasteiger partial charge in [-0.1, -0.05) is 13.8 Å². The van der Waals surface area contributed by atoms with E-state index in [-0.39, 0.29) is 22.6 Å². The number of nitrogens with zero attached hydrogens (tertiary/aromatic N) is 3. The SMILES string of the molecule is CC(C)c1nsc(CCC2CCC(N3CCC(Oc4ccc(S(C)(=O)=O)c(F)c4)C3=O)CC2)n1. The molecule has 2 heterocycles. The average molecular weight is 510 g/mol. The lowest BCUT2D eigenvalue weighted by Gasteiger charge is -2.34. The van der Waals surface area contributed by atoms with E-state index in [4.69, 9.17) is 4.74 Å². The van der Waals surface area contributed by atoms with Gasteiger partial charge < -0.3 is 9.64 Å². The molecule has 1 aromatic heterocycles. The van der Waals surface area contributed by atoms with Crippen LogP contribution >= 0.6 is 11.5 Å². The van der Waals surface area contributed by atoms with E-state index in [1.54, 1.807) is 0 Å². The molecule has 1 saturated heterocycles. The molecule has 10 heteroatoms. The molecular formula is C24H32FN3O4S2. The molecule has 7 nitrogen and oxygen atoms in total. The highest BCUT2D eigenvalue weighted by Crippen LogP contribution is 2.33. The first kappa shape index (κ1) is 25.0. The van der Waals surface area contributed by atoms with Crippen LogP contribution in [-0.4, -0.2) is 53.5 Å². The van der Waals surface area contributed by atoms with Crippen molar-refractivity contribution in [1.82, 2.24) is 14.3 Å². The molecule has 1 aromatic carbocycles. The summed E-state index contributed by atoms with van der Waals surface area (Å²) in [5, 5.41) is 1.11. The maximum Gasteiger partial charge on any atom is 0.263 e. The van der Waals surface area contributed by atoms with E-state index < -0.39 is 21.8 Å². The Kier molecular flexibility index (Phi) is 7.57. The number of aryl methyl sites for hydroxylation is 1. The third kappa shape index (κ3) is 5.76. The van der Waals surface area contributed by atoms with Crippen LogP contribution in [-0.2, 0) is 21.1 Å². The molecule has 1 amide bonds. The van der Waals surface area contributed by atoms with E-state index in [1.807, 2.05) is 4.90 Å². The van der Waals surface area contributed by atoms with Crippen LogP contribution < -0.4 is 4.74 Å². The number of sulfone groups is 1. The van der Waals surface area contributed by atoms with E-state index in [0.717, 1.165) is 61.7 Å². The summed E-state index contributed by atoms with van der Waals surface area (Å²) < 4.78 is 47.5. The molecule has 2 aromatic rings. The highest BCUT2D eigenvalue weighted by Gasteiger charge is 2.38. The molecule has 0 N–H and O–H groups in total. The van der Waals surface area contributed by atoms with Crippen LogP contribution in [0.1, 0.15) is 69.1 Å². The largest absolute Gasteiger partial charge is 0.480 e. The summed E-state index contributed by atoms with van der Waals surface area (Å²) in [7, 11) is -3.65. The minimum Gasteiger partial charge on any atom is -0.480 e. The summed E-state index contributed by atoms with van der Waals surface area (Å²) in [6.45, 7) is 4.84. The van der Waals surface area contributed by atoms with Crippen LogP contribution in [0.4, 0.5) is 4.39 Å². The first-order valence-corrected chi connectivity index (χ1v) is 14.6. The second kappa shape index (κ2) is 10.3. The second-order valence-electron chi connectivity index (χ2n) is 9.71. The highest BCUT2D eigenvalue weighted by atomic mass is 32.2. The maximum absolute atomic E-state index is 14.2. The van der Waals surface area contributed by atoms with Crippen LogP contribution in [0, 0.1) is 11.7 Å². The highest BCUT2D eigenvalue weighted by molar-refractivity contribution is 7.90. The van der Waals surface area contributed by atoms with Crippen molar-refractivity contribution in [2.24, 2.45) is 5.92 Å². The normalized spacial score (nSPS) is 23.6. The fourth-order valence-corrected chi connectivity index (χ4v) is 6.37. The first-order valence-electron chi connectivity index (χ1n) is 11.9. The van der Waals surface area contributed by atoms with E-state index >= 15 is 0 Å². The van der Waals surface area contributed by atoms with Crippen molar-refractivity contribution in [3.63, 3.8) is 0 Å². The van der Waals surface area contributed by atoms with Gasteiger partial charge in [0.2, 0.25) is 0 Å². The topological polar surface area (TPSA) is 89.5 Å². The number of ether oxygens (including phenoxy) is 1. The van der Waals surface area contributed by atoms with Gasteiger partial charge in [0, 0.05) is 43.7 Å².